The summed E-state index contributed by atoms with van der Waals surface area (Å²) in [6.45, 7) is 0.797. The van der Waals surface area contributed by atoms with Gasteiger partial charge in [0.2, 0.25) is 10.0 Å². The molecule has 1 aliphatic carbocycles. The van der Waals surface area contributed by atoms with E-state index in [-0.39, 0.29) is 11.4 Å². The number of anilines is 1. The van der Waals surface area contributed by atoms with Crippen LogP contribution in [-0.2, 0) is 10.0 Å². The Balaban J connectivity index is 1.77. The van der Waals surface area contributed by atoms with E-state index < -0.39 is 21.7 Å². The molecule has 4 nitrogen and oxygen atoms in total. The van der Waals surface area contributed by atoms with Gasteiger partial charge >= 0.3 is 0 Å². The van der Waals surface area contributed by atoms with Crippen LogP contribution in [0.5, 0.6) is 0 Å². The Morgan fingerprint density at radius 1 is 1.20 bits per heavy atom. The van der Waals surface area contributed by atoms with E-state index in [9.17, 15) is 17.2 Å². The average Bonchev–Trinajstić information content (AvgIpc) is 3.16. The van der Waals surface area contributed by atoms with Crippen LogP contribution in [0.25, 0.3) is 0 Å². The second-order valence-corrected chi connectivity index (χ2v) is 6.82. The first kappa shape index (κ1) is 15.2. The Bertz CT molecular complexity index is 559. The van der Waals surface area contributed by atoms with E-state index >= 15 is 0 Å². The predicted octanol–water partition coefficient (Wildman–Crippen LogP) is 2.24. The molecule has 1 aromatic rings. The molecule has 1 aliphatic rings. The molecule has 0 atom stereocenters. The third kappa shape index (κ3) is 5.05. The zero-order valence-corrected chi connectivity index (χ0v) is 11.8. The molecule has 20 heavy (non-hydrogen) atoms. The molecular formula is C13H18F2N2O2S. The average molecular weight is 304 g/mol. The summed E-state index contributed by atoms with van der Waals surface area (Å²) in [5.74, 6) is -1.73. The maximum Gasteiger partial charge on any atom is 0.232 e. The van der Waals surface area contributed by atoms with Crippen molar-refractivity contribution in [3.8, 4) is 0 Å². The number of hydrogen-bond acceptors (Lipinski definition) is 3. The van der Waals surface area contributed by atoms with E-state index in [2.05, 4.69) is 10.0 Å². The summed E-state index contributed by atoms with van der Waals surface area (Å²) in [5.41, 5.74) is -0.220. The maximum absolute atomic E-state index is 13.3. The summed E-state index contributed by atoms with van der Waals surface area (Å²) in [4.78, 5) is 0. The molecule has 1 aromatic carbocycles. The number of unbranched alkanes of at least 4 members (excludes halogenated alkanes) is 1. The number of halogens is 2. The van der Waals surface area contributed by atoms with Gasteiger partial charge in [-0.2, -0.15) is 0 Å². The van der Waals surface area contributed by atoms with Crippen molar-refractivity contribution >= 4 is 15.7 Å². The Labute approximate surface area is 117 Å². The Morgan fingerprint density at radius 2 is 1.95 bits per heavy atom. The van der Waals surface area contributed by atoms with Crippen LogP contribution in [0.3, 0.4) is 0 Å². The van der Waals surface area contributed by atoms with Crippen molar-refractivity contribution in [2.24, 2.45) is 0 Å². The SMILES string of the molecule is O=S(=O)(CCCCNC1CC1)Nc1ccc(F)cc1F. The van der Waals surface area contributed by atoms with Crippen molar-refractivity contribution in [1.82, 2.24) is 5.32 Å². The molecule has 1 fully saturated rings. The minimum absolute atomic E-state index is 0.0733. The van der Waals surface area contributed by atoms with Crippen LogP contribution in [0.4, 0.5) is 14.5 Å². The molecular weight excluding hydrogens is 286 g/mol. The maximum atomic E-state index is 13.3. The fraction of sp³-hybridized carbons (Fsp3) is 0.538. The lowest BCUT2D eigenvalue weighted by Gasteiger charge is -2.09. The molecule has 112 valence electrons. The minimum Gasteiger partial charge on any atom is -0.314 e. The minimum atomic E-state index is -3.60. The summed E-state index contributed by atoms with van der Waals surface area (Å²) >= 11 is 0. The fourth-order valence-electron chi connectivity index (χ4n) is 1.80. The van der Waals surface area contributed by atoms with Gasteiger partial charge in [-0.3, -0.25) is 4.72 Å². The van der Waals surface area contributed by atoms with Gasteiger partial charge in [0, 0.05) is 12.1 Å². The highest BCUT2D eigenvalue weighted by Gasteiger charge is 2.19. The molecule has 0 amide bonds. The molecule has 7 heteroatoms. The van der Waals surface area contributed by atoms with Crippen LogP contribution in [0.15, 0.2) is 18.2 Å². The Hall–Kier alpha value is -1.21. The molecule has 0 radical (unpaired) electrons. The second kappa shape index (κ2) is 6.49. The number of nitrogens with one attached hydrogen (secondary N) is 2. The molecule has 0 aliphatic heterocycles. The van der Waals surface area contributed by atoms with Gasteiger partial charge in [-0.1, -0.05) is 0 Å². The van der Waals surface area contributed by atoms with Gasteiger partial charge in [0.1, 0.15) is 11.6 Å². The van der Waals surface area contributed by atoms with Gasteiger partial charge in [0.15, 0.2) is 0 Å². The fourth-order valence-corrected chi connectivity index (χ4v) is 2.99. The smallest absolute Gasteiger partial charge is 0.232 e. The number of sulfonamides is 1. The molecule has 0 heterocycles. The first-order chi connectivity index (χ1) is 9.46. The highest BCUT2D eigenvalue weighted by Crippen LogP contribution is 2.19. The van der Waals surface area contributed by atoms with Crippen LogP contribution in [0.2, 0.25) is 0 Å². The summed E-state index contributed by atoms with van der Waals surface area (Å²) in [6, 6.07) is 3.35. The Morgan fingerprint density at radius 3 is 2.60 bits per heavy atom. The van der Waals surface area contributed by atoms with Gasteiger partial charge < -0.3 is 5.32 Å². The van der Waals surface area contributed by atoms with Crippen molar-refractivity contribution in [2.45, 2.75) is 31.7 Å². The summed E-state index contributed by atoms with van der Waals surface area (Å²) in [7, 11) is -3.60. The van der Waals surface area contributed by atoms with E-state index in [0.29, 0.717) is 18.5 Å². The van der Waals surface area contributed by atoms with Gasteiger partial charge in [0.25, 0.3) is 0 Å². The molecule has 0 saturated heterocycles. The van der Waals surface area contributed by atoms with Gasteiger partial charge in [0.05, 0.1) is 11.4 Å². The van der Waals surface area contributed by atoms with E-state index in [1.165, 1.54) is 12.8 Å². The summed E-state index contributed by atoms with van der Waals surface area (Å²) in [6.07, 6.45) is 3.65. The number of hydrogen-bond donors (Lipinski definition) is 2. The zero-order chi connectivity index (χ0) is 14.6. The lowest BCUT2D eigenvalue weighted by atomic mass is 10.3. The lowest BCUT2D eigenvalue weighted by Crippen LogP contribution is -2.21. The molecule has 0 bridgehead atoms. The summed E-state index contributed by atoms with van der Waals surface area (Å²) in [5, 5.41) is 3.29. The van der Waals surface area contributed by atoms with E-state index in [1.807, 2.05) is 0 Å². The van der Waals surface area contributed by atoms with Crippen molar-refractivity contribution in [1.29, 1.82) is 0 Å². The molecule has 0 spiro atoms. The number of benzene rings is 1. The van der Waals surface area contributed by atoms with Gasteiger partial charge in [-0.15, -0.1) is 0 Å². The first-order valence-electron chi connectivity index (χ1n) is 6.65. The normalized spacial score (nSPS) is 15.3. The van der Waals surface area contributed by atoms with E-state index in [4.69, 9.17) is 0 Å². The van der Waals surface area contributed by atoms with Crippen molar-refractivity contribution < 1.29 is 17.2 Å². The molecule has 1 saturated carbocycles. The second-order valence-electron chi connectivity index (χ2n) is 4.98. The van der Waals surface area contributed by atoms with E-state index in [0.717, 1.165) is 25.1 Å². The van der Waals surface area contributed by atoms with Crippen molar-refractivity contribution in [3.05, 3.63) is 29.8 Å². The summed E-state index contributed by atoms with van der Waals surface area (Å²) < 4.78 is 51.7. The van der Waals surface area contributed by atoms with Crippen LogP contribution in [0.1, 0.15) is 25.7 Å². The standard InChI is InChI=1S/C13H18F2N2O2S/c14-10-3-6-13(12(15)9-10)17-20(18,19)8-2-1-7-16-11-4-5-11/h3,6,9,11,16-17H,1-2,4-5,7-8H2. The van der Waals surface area contributed by atoms with Crippen LogP contribution in [-0.4, -0.2) is 26.8 Å². The van der Waals surface area contributed by atoms with Crippen LogP contribution in [0, 0.1) is 11.6 Å². The van der Waals surface area contributed by atoms with Crippen molar-refractivity contribution in [2.75, 3.05) is 17.0 Å². The topological polar surface area (TPSA) is 58.2 Å². The third-order valence-electron chi connectivity index (χ3n) is 3.05. The van der Waals surface area contributed by atoms with Gasteiger partial charge in [-0.05, 0) is 44.4 Å². The predicted molar refractivity (Wildman–Crippen MR) is 74.0 cm³/mol. The van der Waals surface area contributed by atoms with Crippen LogP contribution < -0.4 is 10.0 Å². The van der Waals surface area contributed by atoms with E-state index in [1.54, 1.807) is 0 Å². The first-order valence-corrected chi connectivity index (χ1v) is 8.30. The van der Waals surface area contributed by atoms with Gasteiger partial charge in [-0.25, -0.2) is 17.2 Å². The quantitative estimate of drug-likeness (QED) is 0.724. The zero-order valence-electron chi connectivity index (χ0n) is 11.0. The highest BCUT2D eigenvalue weighted by molar-refractivity contribution is 7.92. The molecule has 2 N–H and O–H groups in total. The van der Waals surface area contributed by atoms with Crippen LogP contribution >= 0.6 is 0 Å². The molecule has 2 rings (SSSR count). The Kier molecular flexibility index (Phi) is 4.93. The molecule has 0 unspecified atom stereocenters. The monoisotopic (exact) mass is 304 g/mol. The molecule has 0 aromatic heterocycles. The number of rotatable bonds is 8. The lowest BCUT2D eigenvalue weighted by molar-refractivity contribution is 0.580. The highest BCUT2D eigenvalue weighted by atomic mass is 32.2. The third-order valence-corrected chi connectivity index (χ3v) is 4.40. The van der Waals surface area contributed by atoms with Crippen molar-refractivity contribution in [3.63, 3.8) is 0 Å². The largest absolute Gasteiger partial charge is 0.314 e.